The molecule has 3 nitrogen and oxygen atoms in total. The number of aliphatic hydroxyl groups is 1. The van der Waals surface area contributed by atoms with Crippen LogP contribution in [-0.4, -0.2) is 25.5 Å². The zero-order valence-corrected chi connectivity index (χ0v) is 8.71. The van der Waals surface area contributed by atoms with E-state index in [9.17, 15) is 18.3 Å². The molecule has 0 saturated heterocycles. The molecule has 0 aliphatic heterocycles. The fourth-order valence-corrected chi connectivity index (χ4v) is 1.31. The summed E-state index contributed by atoms with van der Waals surface area (Å²) in [5, 5.41) is 9.20. The average Bonchev–Trinajstić information content (AvgIpc) is 2.25. The van der Waals surface area contributed by atoms with Crippen molar-refractivity contribution in [2.45, 2.75) is 12.3 Å². The van der Waals surface area contributed by atoms with Gasteiger partial charge in [-0.3, -0.25) is 0 Å². The van der Waals surface area contributed by atoms with Gasteiger partial charge in [-0.1, -0.05) is 6.07 Å². The van der Waals surface area contributed by atoms with Crippen LogP contribution in [0, 0.1) is 0 Å². The Hall–Kier alpha value is -1.43. The Kier molecular flexibility index (Phi) is 3.64. The summed E-state index contributed by atoms with van der Waals surface area (Å²) in [6, 6.07) is 4.13. The molecule has 1 N–H and O–H groups in total. The highest BCUT2D eigenvalue weighted by molar-refractivity contribution is 5.46. The number of alkyl halides is 3. The zero-order chi connectivity index (χ0) is 12.3. The lowest BCUT2D eigenvalue weighted by Gasteiger charge is -2.19. The highest BCUT2D eigenvalue weighted by Crippen LogP contribution is 2.41. The van der Waals surface area contributed by atoms with Gasteiger partial charge in [0.15, 0.2) is 6.10 Å². The summed E-state index contributed by atoms with van der Waals surface area (Å²) >= 11 is 0. The Labute approximate surface area is 90.4 Å². The summed E-state index contributed by atoms with van der Waals surface area (Å²) in [6.07, 6.45) is -7.39. The predicted molar refractivity (Wildman–Crippen MR) is 50.6 cm³/mol. The molecule has 0 saturated carbocycles. The molecule has 1 aromatic rings. The topological polar surface area (TPSA) is 38.7 Å². The molecule has 0 aliphatic carbocycles. The van der Waals surface area contributed by atoms with Gasteiger partial charge in [-0.25, -0.2) is 0 Å². The Bertz CT molecular complexity index is 341. The van der Waals surface area contributed by atoms with Crippen molar-refractivity contribution in [1.82, 2.24) is 0 Å². The second-order valence-electron chi connectivity index (χ2n) is 3.02. The number of benzene rings is 1. The summed E-state index contributed by atoms with van der Waals surface area (Å²) in [6.45, 7) is 0. The number of halogens is 3. The summed E-state index contributed by atoms with van der Waals surface area (Å²) in [5.74, 6) is -0.131. The third-order valence-corrected chi connectivity index (χ3v) is 2.05. The largest absolute Gasteiger partial charge is 0.496 e. The predicted octanol–water partition coefficient (Wildman–Crippen LogP) is 2.30. The van der Waals surface area contributed by atoms with Crippen molar-refractivity contribution in [1.29, 1.82) is 0 Å². The smallest absolute Gasteiger partial charge is 0.418 e. The van der Waals surface area contributed by atoms with E-state index in [1.165, 1.54) is 32.4 Å². The lowest BCUT2D eigenvalue weighted by molar-refractivity contribution is -0.207. The van der Waals surface area contributed by atoms with Crippen molar-refractivity contribution in [3.05, 3.63) is 23.8 Å². The first-order valence-electron chi connectivity index (χ1n) is 4.37. The van der Waals surface area contributed by atoms with Gasteiger partial charge in [0.1, 0.15) is 11.5 Å². The second kappa shape index (κ2) is 4.61. The molecule has 90 valence electrons. The maximum absolute atomic E-state index is 12.4. The van der Waals surface area contributed by atoms with Crippen molar-refractivity contribution < 1.29 is 27.8 Å². The van der Waals surface area contributed by atoms with Crippen LogP contribution in [0.5, 0.6) is 11.5 Å². The summed E-state index contributed by atoms with van der Waals surface area (Å²) < 4.78 is 46.7. The number of aliphatic hydroxyl groups excluding tert-OH is 1. The molecular weight excluding hydrogens is 225 g/mol. The van der Waals surface area contributed by atoms with Crippen LogP contribution in [0.1, 0.15) is 11.7 Å². The van der Waals surface area contributed by atoms with Crippen molar-refractivity contribution in [3.63, 3.8) is 0 Å². The van der Waals surface area contributed by atoms with E-state index < -0.39 is 17.8 Å². The van der Waals surface area contributed by atoms with Crippen LogP contribution in [0.25, 0.3) is 0 Å². The van der Waals surface area contributed by atoms with E-state index in [1.54, 1.807) is 0 Å². The fourth-order valence-electron chi connectivity index (χ4n) is 1.31. The van der Waals surface area contributed by atoms with E-state index in [4.69, 9.17) is 9.47 Å². The highest BCUT2D eigenvalue weighted by Gasteiger charge is 2.42. The minimum Gasteiger partial charge on any atom is -0.496 e. The minimum absolute atomic E-state index is 0.0656. The normalized spacial score (nSPS) is 13.4. The van der Waals surface area contributed by atoms with Crippen LogP contribution in [0.2, 0.25) is 0 Å². The Balaban J connectivity index is 3.28. The molecule has 1 aromatic carbocycles. The van der Waals surface area contributed by atoms with E-state index in [0.717, 1.165) is 0 Å². The van der Waals surface area contributed by atoms with Crippen molar-refractivity contribution >= 4 is 0 Å². The third kappa shape index (κ3) is 2.38. The SMILES string of the molecule is COc1cccc(OC)c1[C@H](O)C(F)(F)F. The molecule has 0 radical (unpaired) electrons. The van der Waals surface area contributed by atoms with Gasteiger partial charge >= 0.3 is 6.18 Å². The molecule has 0 aromatic heterocycles. The van der Waals surface area contributed by atoms with E-state index in [1.807, 2.05) is 0 Å². The van der Waals surface area contributed by atoms with Gasteiger partial charge in [0, 0.05) is 0 Å². The maximum atomic E-state index is 12.4. The van der Waals surface area contributed by atoms with Gasteiger partial charge in [-0.05, 0) is 12.1 Å². The van der Waals surface area contributed by atoms with Crippen molar-refractivity contribution in [2.24, 2.45) is 0 Å². The standard InChI is InChI=1S/C10H11F3O3/c1-15-6-4-3-5-7(16-2)8(6)9(14)10(11,12)13/h3-5,9,14H,1-2H3/t9-/m0/s1. The van der Waals surface area contributed by atoms with Gasteiger partial charge in [-0.2, -0.15) is 13.2 Å². The highest BCUT2D eigenvalue weighted by atomic mass is 19.4. The number of methoxy groups -OCH3 is 2. The minimum atomic E-state index is -4.76. The quantitative estimate of drug-likeness (QED) is 0.875. The lowest BCUT2D eigenvalue weighted by Crippen LogP contribution is -2.21. The zero-order valence-electron chi connectivity index (χ0n) is 8.71. The lowest BCUT2D eigenvalue weighted by atomic mass is 10.1. The second-order valence-corrected chi connectivity index (χ2v) is 3.02. The van der Waals surface area contributed by atoms with Gasteiger partial charge in [0.2, 0.25) is 0 Å². The summed E-state index contributed by atoms with van der Waals surface area (Å²) in [5.41, 5.74) is -0.417. The van der Waals surface area contributed by atoms with Gasteiger partial charge in [0.25, 0.3) is 0 Å². The van der Waals surface area contributed by atoms with E-state index >= 15 is 0 Å². The average molecular weight is 236 g/mol. The first-order chi connectivity index (χ1) is 7.41. The van der Waals surface area contributed by atoms with Gasteiger partial charge in [0.05, 0.1) is 19.8 Å². The van der Waals surface area contributed by atoms with Crippen LogP contribution < -0.4 is 9.47 Å². The van der Waals surface area contributed by atoms with Crippen LogP contribution >= 0.6 is 0 Å². The Morgan fingerprint density at radius 1 is 1.12 bits per heavy atom. The monoisotopic (exact) mass is 236 g/mol. The van der Waals surface area contributed by atoms with Gasteiger partial charge in [-0.15, -0.1) is 0 Å². The first-order valence-corrected chi connectivity index (χ1v) is 4.37. The molecular formula is C10H11F3O3. The Morgan fingerprint density at radius 2 is 1.56 bits per heavy atom. The molecule has 0 amide bonds. The molecule has 0 spiro atoms. The van der Waals surface area contributed by atoms with Crippen LogP contribution in [0.4, 0.5) is 13.2 Å². The molecule has 0 bridgehead atoms. The first kappa shape index (κ1) is 12.6. The molecule has 0 unspecified atom stereocenters. The van der Waals surface area contributed by atoms with Crippen molar-refractivity contribution in [2.75, 3.05) is 14.2 Å². The van der Waals surface area contributed by atoms with Crippen LogP contribution in [-0.2, 0) is 0 Å². The van der Waals surface area contributed by atoms with Crippen molar-refractivity contribution in [3.8, 4) is 11.5 Å². The van der Waals surface area contributed by atoms with E-state index in [2.05, 4.69) is 0 Å². The molecule has 16 heavy (non-hydrogen) atoms. The molecule has 6 heteroatoms. The van der Waals surface area contributed by atoms with Gasteiger partial charge < -0.3 is 14.6 Å². The summed E-state index contributed by atoms with van der Waals surface area (Å²) in [7, 11) is 2.45. The maximum Gasteiger partial charge on any atom is 0.418 e. The van der Waals surface area contributed by atoms with Crippen LogP contribution in [0.15, 0.2) is 18.2 Å². The molecule has 1 rings (SSSR count). The number of ether oxygens (including phenoxy) is 2. The van der Waals surface area contributed by atoms with E-state index in [-0.39, 0.29) is 11.5 Å². The van der Waals surface area contributed by atoms with E-state index in [0.29, 0.717) is 0 Å². The molecule has 0 heterocycles. The third-order valence-electron chi connectivity index (χ3n) is 2.05. The number of rotatable bonds is 3. The fraction of sp³-hybridized carbons (Fsp3) is 0.400. The molecule has 0 fully saturated rings. The number of hydrogen-bond donors (Lipinski definition) is 1. The summed E-state index contributed by atoms with van der Waals surface area (Å²) in [4.78, 5) is 0. The number of hydrogen-bond acceptors (Lipinski definition) is 3. The Morgan fingerprint density at radius 3 is 1.88 bits per heavy atom. The molecule has 0 aliphatic rings. The van der Waals surface area contributed by atoms with Crippen LogP contribution in [0.3, 0.4) is 0 Å². The molecule has 1 atom stereocenters.